The molecule has 3 atom stereocenters. The van der Waals surface area contributed by atoms with Gasteiger partial charge in [-0.1, -0.05) is 12.1 Å². The number of aromatic nitrogens is 2. The summed E-state index contributed by atoms with van der Waals surface area (Å²) in [7, 11) is 0. The molecule has 0 amide bonds. The summed E-state index contributed by atoms with van der Waals surface area (Å²) >= 11 is 0. The maximum Gasteiger partial charge on any atom is 0.261 e. The summed E-state index contributed by atoms with van der Waals surface area (Å²) in [5, 5.41) is 14.7. The van der Waals surface area contributed by atoms with Gasteiger partial charge in [-0.05, 0) is 31.5 Å². The average Bonchev–Trinajstić information content (AvgIpc) is 2.86. The van der Waals surface area contributed by atoms with Crippen LogP contribution in [0.5, 0.6) is 0 Å². The molecule has 2 saturated heterocycles. The van der Waals surface area contributed by atoms with Crippen LogP contribution in [0.3, 0.4) is 0 Å². The summed E-state index contributed by atoms with van der Waals surface area (Å²) in [4.78, 5) is 16.8. The monoisotopic (exact) mass is 301 g/mol. The summed E-state index contributed by atoms with van der Waals surface area (Å²) in [6.45, 7) is 1.07. The number of para-hydroxylation sites is 1. The van der Waals surface area contributed by atoms with E-state index in [2.05, 4.69) is 10.3 Å². The molecule has 2 N–H and O–H groups in total. The van der Waals surface area contributed by atoms with E-state index in [0.29, 0.717) is 17.3 Å². The first kappa shape index (κ1) is 13.9. The number of hydrogen-bond donors (Lipinski definition) is 2. The third kappa shape index (κ3) is 2.33. The Morgan fingerprint density at radius 1 is 1.45 bits per heavy atom. The fraction of sp³-hybridized carbons (Fsp3) is 0.500. The molecular formula is C16H19N3O3. The van der Waals surface area contributed by atoms with Crippen LogP contribution in [0.15, 0.2) is 35.4 Å². The van der Waals surface area contributed by atoms with E-state index in [4.69, 9.17) is 4.74 Å². The van der Waals surface area contributed by atoms with Gasteiger partial charge in [0.15, 0.2) is 5.79 Å². The van der Waals surface area contributed by atoms with Crippen LogP contribution in [0.4, 0.5) is 0 Å². The summed E-state index contributed by atoms with van der Waals surface area (Å²) < 4.78 is 7.27. The van der Waals surface area contributed by atoms with Gasteiger partial charge in [-0.2, -0.15) is 0 Å². The van der Waals surface area contributed by atoms with Crippen molar-refractivity contribution in [2.75, 3.05) is 6.54 Å². The van der Waals surface area contributed by atoms with Crippen molar-refractivity contribution >= 4 is 10.9 Å². The van der Waals surface area contributed by atoms with Crippen LogP contribution < -0.4 is 10.9 Å². The second-order valence-corrected chi connectivity index (χ2v) is 6.20. The Labute approximate surface area is 127 Å². The minimum absolute atomic E-state index is 0.0304. The quantitative estimate of drug-likeness (QED) is 0.851. The van der Waals surface area contributed by atoms with Gasteiger partial charge in [-0.3, -0.25) is 9.36 Å². The molecule has 1 aromatic heterocycles. The van der Waals surface area contributed by atoms with E-state index in [9.17, 15) is 9.90 Å². The number of piperidine rings is 1. The highest BCUT2D eigenvalue weighted by atomic mass is 16.6. The predicted molar refractivity (Wildman–Crippen MR) is 81.5 cm³/mol. The van der Waals surface area contributed by atoms with Crippen LogP contribution in [-0.2, 0) is 11.3 Å². The highest BCUT2D eigenvalue weighted by molar-refractivity contribution is 5.76. The van der Waals surface area contributed by atoms with Crippen LogP contribution >= 0.6 is 0 Å². The van der Waals surface area contributed by atoms with Crippen molar-refractivity contribution in [1.82, 2.24) is 14.9 Å². The molecule has 0 aliphatic carbocycles. The molecule has 1 aromatic carbocycles. The van der Waals surface area contributed by atoms with Crippen molar-refractivity contribution in [3.05, 3.63) is 40.9 Å². The molecule has 0 radical (unpaired) electrons. The number of nitrogens with zero attached hydrogens (tertiary/aromatic N) is 2. The number of aliphatic hydroxyl groups is 1. The molecular weight excluding hydrogens is 282 g/mol. The van der Waals surface area contributed by atoms with E-state index < -0.39 is 5.79 Å². The lowest BCUT2D eigenvalue weighted by Crippen LogP contribution is -2.41. The molecule has 0 bridgehead atoms. The Morgan fingerprint density at radius 3 is 3.18 bits per heavy atom. The molecule has 6 nitrogen and oxygen atoms in total. The summed E-state index contributed by atoms with van der Waals surface area (Å²) in [6, 6.07) is 7.39. The molecule has 0 saturated carbocycles. The average molecular weight is 301 g/mol. The van der Waals surface area contributed by atoms with E-state index in [0.717, 1.165) is 19.4 Å². The van der Waals surface area contributed by atoms with Crippen molar-refractivity contribution < 1.29 is 9.84 Å². The fourth-order valence-electron chi connectivity index (χ4n) is 3.53. The highest BCUT2D eigenvalue weighted by Crippen LogP contribution is 2.33. The maximum atomic E-state index is 12.5. The van der Waals surface area contributed by atoms with Gasteiger partial charge in [0.1, 0.15) is 0 Å². The maximum absolute atomic E-state index is 12.5. The predicted octanol–water partition coefficient (Wildman–Crippen LogP) is 0.626. The summed E-state index contributed by atoms with van der Waals surface area (Å²) in [5.41, 5.74) is 0.517. The SMILES string of the molecule is O=c1c2ccccc2ncn1C[C@@]1(O)CC2NCCCC2O1. The van der Waals surface area contributed by atoms with Gasteiger partial charge in [0.05, 0.1) is 29.9 Å². The number of fused-ring (bicyclic) bond motifs is 2. The van der Waals surface area contributed by atoms with Gasteiger partial charge in [0, 0.05) is 12.5 Å². The van der Waals surface area contributed by atoms with E-state index in [1.807, 2.05) is 12.1 Å². The molecule has 2 unspecified atom stereocenters. The number of benzene rings is 1. The molecule has 2 fully saturated rings. The summed E-state index contributed by atoms with van der Waals surface area (Å²) in [5.74, 6) is -1.30. The van der Waals surface area contributed by atoms with E-state index in [1.54, 1.807) is 12.1 Å². The van der Waals surface area contributed by atoms with Gasteiger partial charge < -0.3 is 15.2 Å². The Hall–Kier alpha value is -1.76. The van der Waals surface area contributed by atoms with E-state index in [1.165, 1.54) is 10.9 Å². The van der Waals surface area contributed by atoms with Crippen molar-refractivity contribution in [2.24, 2.45) is 0 Å². The standard InChI is InChI=1S/C16H19N3O3/c20-15-11-4-1-2-5-12(11)18-10-19(15)9-16(21)8-13-14(22-16)6-3-7-17-13/h1-2,4-5,10,13-14,17,21H,3,6-9H2/t13?,14?,16-/m1/s1. The van der Waals surface area contributed by atoms with Gasteiger partial charge in [0.2, 0.25) is 0 Å². The smallest absolute Gasteiger partial charge is 0.261 e. The molecule has 3 heterocycles. The second kappa shape index (κ2) is 5.15. The summed E-state index contributed by atoms with van der Waals surface area (Å²) in [6.07, 6.45) is 4.01. The zero-order valence-electron chi connectivity index (χ0n) is 12.2. The zero-order valence-corrected chi connectivity index (χ0v) is 12.2. The number of nitrogens with one attached hydrogen (secondary N) is 1. The topological polar surface area (TPSA) is 76.4 Å². The Bertz CT molecular complexity index is 744. The number of hydrogen-bond acceptors (Lipinski definition) is 5. The Balaban J connectivity index is 1.63. The molecule has 2 aliphatic heterocycles. The van der Waals surface area contributed by atoms with Crippen LogP contribution in [0, 0.1) is 0 Å². The van der Waals surface area contributed by atoms with Gasteiger partial charge in [-0.25, -0.2) is 4.98 Å². The molecule has 6 heteroatoms. The van der Waals surface area contributed by atoms with E-state index in [-0.39, 0.29) is 24.2 Å². The Morgan fingerprint density at radius 2 is 2.32 bits per heavy atom. The van der Waals surface area contributed by atoms with Crippen molar-refractivity contribution in [1.29, 1.82) is 0 Å². The normalized spacial score (nSPS) is 31.3. The first-order chi connectivity index (χ1) is 10.6. The van der Waals surface area contributed by atoms with Crippen molar-refractivity contribution in [3.8, 4) is 0 Å². The van der Waals surface area contributed by atoms with Crippen LogP contribution in [0.1, 0.15) is 19.3 Å². The van der Waals surface area contributed by atoms with Crippen molar-refractivity contribution in [3.63, 3.8) is 0 Å². The van der Waals surface area contributed by atoms with Gasteiger partial charge in [0.25, 0.3) is 5.56 Å². The lowest BCUT2D eigenvalue weighted by atomic mass is 9.99. The number of ether oxygens (including phenoxy) is 1. The fourth-order valence-corrected chi connectivity index (χ4v) is 3.53. The van der Waals surface area contributed by atoms with Gasteiger partial charge >= 0.3 is 0 Å². The molecule has 22 heavy (non-hydrogen) atoms. The third-order valence-electron chi connectivity index (χ3n) is 4.58. The molecule has 2 aliphatic rings. The molecule has 0 spiro atoms. The molecule has 116 valence electrons. The van der Waals surface area contributed by atoms with Crippen molar-refractivity contribution in [2.45, 2.75) is 43.7 Å². The third-order valence-corrected chi connectivity index (χ3v) is 4.58. The number of rotatable bonds is 2. The molecule has 4 rings (SSSR count). The minimum atomic E-state index is -1.30. The van der Waals surface area contributed by atoms with Crippen LogP contribution in [0.2, 0.25) is 0 Å². The molecule has 2 aromatic rings. The van der Waals surface area contributed by atoms with Crippen LogP contribution in [-0.4, -0.2) is 39.1 Å². The minimum Gasteiger partial charge on any atom is -0.364 e. The largest absolute Gasteiger partial charge is 0.364 e. The van der Waals surface area contributed by atoms with Gasteiger partial charge in [-0.15, -0.1) is 0 Å². The Kier molecular flexibility index (Phi) is 3.25. The first-order valence-electron chi connectivity index (χ1n) is 7.72. The second-order valence-electron chi connectivity index (χ2n) is 6.20. The van der Waals surface area contributed by atoms with E-state index >= 15 is 0 Å². The lowest BCUT2D eigenvalue weighted by Gasteiger charge is -2.25. The first-order valence-corrected chi connectivity index (χ1v) is 7.72. The lowest BCUT2D eigenvalue weighted by molar-refractivity contribution is -0.202. The van der Waals surface area contributed by atoms with Crippen LogP contribution in [0.25, 0.3) is 10.9 Å². The highest BCUT2D eigenvalue weighted by Gasteiger charge is 2.46. The zero-order chi connectivity index (χ0) is 15.2.